The van der Waals surface area contributed by atoms with Gasteiger partial charge in [0.1, 0.15) is 5.84 Å². The standard InChI is InChI=1S/C10H20N2/c1-6-8-9(3)11-10(4)12(5)7-2/h8H,6-7H2,1-5H3/b9-8+,11-10?. The molecule has 0 aliphatic heterocycles. The molecule has 0 aromatic heterocycles. The summed E-state index contributed by atoms with van der Waals surface area (Å²) >= 11 is 0. The molecule has 2 nitrogen and oxygen atoms in total. The van der Waals surface area contributed by atoms with Gasteiger partial charge < -0.3 is 4.90 Å². The minimum atomic E-state index is 1.01. The van der Waals surface area contributed by atoms with Crippen molar-refractivity contribution in [2.24, 2.45) is 4.99 Å². The lowest BCUT2D eigenvalue weighted by molar-refractivity contribution is 0.531. The Balaban J connectivity index is 4.24. The molecule has 0 heterocycles. The minimum Gasteiger partial charge on any atom is -0.364 e. The van der Waals surface area contributed by atoms with E-state index in [0.717, 1.165) is 24.5 Å². The molecule has 0 aromatic carbocycles. The van der Waals surface area contributed by atoms with Gasteiger partial charge in [-0.05, 0) is 27.2 Å². The van der Waals surface area contributed by atoms with Crippen molar-refractivity contribution in [3.63, 3.8) is 0 Å². The van der Waals surface area contributed by atoms with Crippen LogP contribution >= 0.6 is 0 Å². The fourth-order valence-corrected chi connectivity index (χ4v) is 0.910. The number of nitrogens with zero attached hydrogens (tertiary/aromatic N) is 2. The van der Waals surface area contributed by atoms with Crippen molar-refractivity contribution in [2.75, 3.05) is 13.6 Å². The van der Waals surface area contributed by atoms with Crippen molar-refractivity contribution in [1.29, 1.82) is 0 Å². The van der Waals surface area contributed by atoms with Crippen LogP contribution in [0.25, 0.3) is 0 Å². The topological polar surface area (TPSA) is 15.6 Å². The van der Waals surface area contributed by atoms with Gasteiger partial charge in [0.15, 0.2) is 0 Å². The molecule has 0 unspecified atom stereocenters. The van der Waals surface area contributed by atoms with Crippen molar-refractivity contribution in [2.45, 2.75) is 34.1 Å². The molecular weight excluding hydrogens is 148 g/mol. The molecule has 70 valence electrons. The van der Waals surface area contributed by atoms with Crippen LogP contribution in [0.4, 0.5) is 0 Å². The average Bonchev–Trinajstić information content (AvgIpc) is 2.03. The summed E-state index contributed by atoms with van der Waals surface area (Å²) in [7, 11) is 2.05. The number of allylic oxidation sites excluding steroid dienone is 2. The maximum absolute atomic E-state index is 4.44. The van der Waals surface area contributed by atoms with Gasteiger partial charge in [0.2, 0.25) is 0 Å². The van der Waals surface area contributed by atoms with Gasteiger partial charge >= 0.3 is 0 Å². The highest BCUT2D eigenvalue weighted by molar-refractivity contribution is 5.80. The molecule has 0 spiro atoms. The molecule has 0 N–H and O–H groups in total. The minimum absolute atomic E-state index is 1.01. The van der Waals surface area contributed by atoms with Crippen molar-refractivity contribution < 1.29 is 0 Å². The Hall–Kier alpha value is -0.790. The van der Waals surface area contributed by atoms with E-state index < -0.39 is 0 Å². The second-order valence-electron chi connectivity index (χ2n) is 2.93. The molecule has 0 fully saturated rings. The Bertz CT molecular complexity index is 180. The molecule has 0 radical (unpaired) electrons. The summed E-state index contributed by atoms with van der Waals surface area (Å²) in [5, 5.41) is 0. The van der Waals surface area contributed by atoms with Gasteiger partial charge in [-0.2, -0.15) is 0 Å². The second kappa shape index (κ2) is 5.81. The van der Waals surface area contributed by atoms with E-state index in [2.05, 4.69) is 36.9 Å². The van der Waals surface area contributed by atoms with Gasteiger partial charge in [0.25, 0.3) is 0 Å². The first kappa shape index (κ1) is 11.2. The maximum atomic E-state index is 4.44. The molecule has 0 saturated carbocycles. The molecule has 0 aromatic rings. The van der Waals surface area contributed by atoms with E-state index in [1.807, 2.05) is 13.8 Å². The lowest BCUT2D eigenvalue weighted by atomic mass is 10.4. The van der Waals surface area contributed by atoms with Crippen LogP contribution in [-0.4, -0.2) is 24.3 Å². The number of aliphatic imine (C=N–C) groups is 1. The Labute approximate surface area is 76.0 Å². The van der Waals surface area contributed by atoms with E-state index in [4.69, 9.17) is 0 Å². The summed E-state index contributed by atoms with van der Waals surface area (Å²) in [5.74, 6) is 1.08. The van der Waals surface area contributed by atoms with Gasteiger partial charge in [-0.3, -0.25) is 0 Å². The van der Waals surface area contributed by atoms with Crippen LogP contribution in [-0.2, 0) is 0 Å². The van der Waals surface area contributed by atoms with Crippen molar-refractivity contribution in [3.05, 3.63) is 11.8 Å². The summed E-state index contributed by atoms with van der Waals surface area (Å²) in [6.45, 7) is 9.33. The third-order valence-electron chi connectivity index (χ3n) is 1.86. The first-order valence-corrected chi connectivity index (χ1v) is 4.55. The summed E-state index contributed by atoms with van der Waals surface area (Å²) in [6, 6.07) is 0. The van der Waals surface area contributed by atoms with E-state index >= 15 is 0 Å². The summed E-state index contributed by atoms with van der Waals surface area (Å²) < 4.78 is 0. The summed E-state index contributed by atoms with van der Waals surface area (Å²) in [6.07, 6.45) is 3.19. The van der Waals surface area contributed by atoms with E-state index in [1.165, 1.54) is 0 Å². The molecule has 0 aliphatic rings. The maximum Gasteiger partial charge on any atom is 0.101 e. The highest BCUT2D eigenvalue weighted by Crippen LogP contribution is 1.99. The molecule has 0 rings (SSSR count). The van der Waals surface area contributed by atoms with Crippen LogP contribution in [0, 0.1) is 0 Å². The summed E-state index contributed by atoms with van der Waals surface area (Å²) in [4.78, 5) is 6.57. The third-order valence-corrected chi connectivity index (χ3v) is 1.86. The Kier molecular flexibility index (Phi) is 5.43. The molecule has 0 aliphatic carbocycles. The Morgan fingerprint density at radius 1 is 1.33 bits per heavy atom. The van der Waals surface area contributed by atoms with Crippen molar-refractivity contribution in [1.82, 2.24) is 4.90 Å². The fourth-order valence-electron chi connectivity index (χ4n) is 0.910. The normalized spacial score (nSPS) is 13.4. The fraction of sp³-hybridized carbons (Fsp3) is 0.700. The second-order valence-corrected chi connectivity index (χ2v) is 2.93. The SMILES string of the molecule is CC/C=C(\C)N=C(C)N(C)CC. The lowest BCUT2D eigenvalue weighted by Crippen LogP contribution is -2.23. The predicted octanol–water partition coefficient (Wildman–Crippen LogP) is 2.67. The van der Waals surface area contributed by atoms with Crippen LogP contribution < -0.4 is 0 Å². The van der Waals surface area contributed by atoms with Crippen molar-refractivity contribution >= 4 is 5.84 Å². The number of hydrogen-bond donors (Lipinski definition) is 0. The smallest absolute Gasteiger partial charge is 0.101 e. The van der Waals surface area contributed by atoms with Gasteiger partial charge in [0.05, 0.1) is 0 Å². The molecule has 0 atom stereocenters. The first-order valence-electron chi connectivity index (χ1n) is 4.55. The van der Waals surface area contributed by atoms with E-state index in [0.29, 0.717) is 0 Å². The van der Waals surface area contributed by atoms with Crippen LogP contribution in [0.1, 0.15) is 34.1 Å². The Morgan fingerprint density at radius 2 is 1.92 bits per heavy atom. The highest BCUT2D eigenvalue weighted by atomic mass is 15.1. The molecule has 2 heteroatoms. The van der Waals surface area contributed by atoms with Crippen LogP contribution in [0.2, 0.25) is 0 Å². The number of hydrogen-bond acceptors (Lipinski definition) is 1. The quantitative estimate of drug-likeness (QED) is 0.467. The van der Waals surface area contributed by atoms with Gasteiger partial charge in [-0.1, -0.05) is 13.0 Å². The molecule has 0 amide bonds. The third kappa shape index (κ3) is 4.16. The molecule has 12 heavy (non-hydrogen) atoms. The van der Waals surface area contributed by atoms with E-state index in [1.54, 1.807) is 0 Å². The van der Waals surface area contributed by atoms with Gasteiger partial charge in [-0.25, -0.2) is 4.99 Å². The first-order chi connectivity index (χ1) is 5.61. The zero-order valence-corrected chi connectivity index (χ0v) is 8.89. The zero-order valence-electron chi connectivity index (χ0n) is 8.89. The summed E-state index contributed by atoms with van der Waals surface area (Å²) in [5.41, 5.74) is 1.11. The van der Waals surface area contributed by atoms with Crippen LogP contribution in [0.5, 0.6) is 0 Å². The van der Waals surface area contributed by atoms with E-state index in [-0.39, 0.29) is 0 Å². The highest BCUT2D eigenvalue weighted by Gasteiger charge is 1.95. The monoisotopic (exact) mass is 168 g/mol. The van der Waals surface area contributed by atoms with Crippen LogP contribution in [0.15, 0.2) is 16.8 Å². The van der Waals surface area contributed by atoms with Crippen LogP contribution in [0.3, 0.4) is 0 Å². The average molecular weight is 168 g/mol. The predicted molar refractivity (Wildman–Crippen MR) is 55.5 cm³/mol. The molecule has 0 bridgehead atoms. The molecular formula is C10H20N2. The van der Waals surface area contributed by atoms with Gasteiger partial charge in [0, 0.05) is 19.3 Å². The van der Waals surface area contributed by atoms with E-state index in [9.17, 15) is 0 Å². The zero-order chi connectivity index (χ0) is 9.56. The Morgan fingerprint density at radius 3 is 2.33 bits per heavy atom. The molecule has 0 saturated heterocycles. The lowest BCUT2D eigenvalue weighted by Gasteiger charge is -2.15. The van der Waals surface area contributed by atoms with Gasteiger partial charge in [-0.15, -0.1) is 0 Å². The largest absolute Gasteiger partial charge is 0.364 e. The number of amidine groups is 1. The van der Waals surface area contributed by atoms with Crippen molar-refractivity contribution in [3.8, 4) is 0 Å². The number of rotatable bonds is 3.